The van der Waals surface area contributed by atoms with Gasteiger partial charge in [-0.05, 0) is 29.3 Å². The first-order chi connectivity index (χ1) is 8.66. The maximum Gasteiger partial charge on any atom is 0.180 e. The SMILES string of the molecule is Oc1ccc(C2=CC(Cl)(Cl)C(Cl)=C(Cl)C2(Cl)Cl)cc1. The van der Waals surface area contributed by atoms with Crippen LogP contribution < -0.4 is 0 Å². The third-order valence-corrected chi connectivity index (χ3v) is 5.43. The summed E-state index contributed by atoms with van der Waals surface area (Å²) in [5, 5.41) is 9.20. The summed E-state index contributed by atoms with van der Waals surface area (Å²) in [6.45, 7) is 0. The molecule has 1 aliphatic carbocycles. The average molecular weight is 379 g/mol. The molecule has 0 saturated heterocycles. The first kappa shape index (κ1) is 15.6. The van der Waals surface area contributed by atoms with Gasteiger partial charge < -0.3 is 5.11 Å². The summed E-state index contributed by atoms with van der Waals surface area (Å²) in [7, 11) is 0. The molecule has 0 spiro atoms. The number of benzene rings is 1. The van der Waals surface area contributed by atoms with Gasteiger partial charge in [0.25, 0.3) is 0 Å². The van der Waals surface area contributed by atoms with Crippen molar-refractivity contribution >= 4 is 75.2 Å². The maximum atomic E-state index is 9.29. The Morgan fingerprint density at radius 3 is 1.89 bits per heavy atom. The van der Waals surface area contributed by atoms with Crippen LogP contribution in [0.4, 0.5) is 0 Å². The topological polar surface area (TPSA) is 20.2 Å². The molecule has 0 aromatic heterocycles. The third-order valence-electron chi connectivity index (χ3n) is 2.60. The van der Waals surface area contributed by atoms with Crippen LogP contribution in [0.25, 0.3) is 5.57 Å². The van der Waals surface area contributed by atoms with Gasteiger partial charge in [-0.2, -0.15) is 0 Å². The highest BCUT2D eigenvalue weighted by molar-refractivity contribution is 6.66. The fourth-order valence-electron chi connectivity index (χ4n) is 1.64. The average Bonchev–Trinajstić information content (AvgIpc) is 2.34. The first-order valence-electron chi connectivity index (χ1n) is 5.01. The van der Waals surface area contributed by atoms with Crippen molar-refractivity contribution in [1.82, 2.24) is 0 Å². The zero-order valence-corrected chi connectivity index (χ0v) is 13.6. The van der Waals surface area contributed by atoms with Crippen LogP contribution in [0.5, 0.6) is 5.75 Å². The van der Waals surface area contributed by atoms with E-state index in [1.807, 2.05) is 0 Å². The summed E-state index contributed by atoms with van der Waals surface area (Å²) in [6.07, 6.45) is 1.43. The van der Waals surface area contributed by atoms with Crippen LogP contribution in [0.1, 0.15) is 5.56 Å². The van der Waals surface area contributed by atoms with Gasteiger partial charge in [-0.15, -0.1) is 0 Å². The minimum Gasteiger partial charge on any atom is -0.508 e. The molecule has 0 bridgehead atoms. The Labute approximate surface area is 140 Å². The number of aromatic hydroxyl groups is 1. The number of phenols is 1. The number of alkyl halides is 4. The molecule has 0 amide bonds. The van der Waals surface area contributed by atoms with E-state index in [-0.39, 0.29) is 15.8 Å². The van der Waals surface area contributed by atoms with E-state index in [1.165, 1.54) is 18.2 Å². The highest BCUT2D eigenvalue weighted by Crippen LogP contribution is 2.55. The molecule has 7 heteroatoms. The van der Waals surface area contributed by atoms with Crippen LogP contribution in [0.15, 0.2) is 40.4 Å². The molecule has 19 heavy (non-hydrogen) atoms. The maximum absolute atomic E-state index is 9.29. The van der Waals surface area contributed by atoms with E-state index in [1.54, 1.807) is 12.1 Å². The second-order valence-electron chi connectivity index (χ2n) is 3.93. The molecule has 0 aliphatic heterocycles. The normalized spacial score (nSPS) is 21.3. The van der Waals surface area contributed by atoms with Crippen molar-refractivity contribution in [2.75, 3.05) is 0 Å². The summed E-state index contributed by atoms with van der Waals surface area (Å²) in [4.78, 5) is 0. The Morgan fingerprint density at radius 2 is 1.37 bits per heavy atom. The second-order valence-corrected chi connectivity index (χ2v) is 7.40. The summed E-state index contributed by atoms with van der Waals surface area (Å²) in [6, 6.07) is 6.21. The molecule has 0 radical (unpaired) electrons. The van der Waals surface area contributed by atoms with Crippen molar-refractivity contribution in [3.8, 4) is 5.75 Å². The van der Waals surface area contributed by atoms with Gasteiger partial charge in [0.05, 0.1) is 10.1 Å². The molecule has 0 saturated carbocycles. The summed E-state index contributed by atoms with van der Waals surface area (Å²) in [5.41, 5.74) is 1.02. The van der Waals surface area contributed by atoms with Crippen molar-refractivity contribution in [3.05, 3.63) is 46.0 Å². The highest BCUT2D eigenvalue weighted by Gasteiger charge is 2.46. The number of hydrogen-bond acceptors (Lipinski definition) is 1. The summed E-state index contributed by atoms with van der Waals surface area (Å²) < 4.78 is -3.05. The molecule has 0 atom stereocenters. The van der Waals surface area contributed by atoms with Gasteiger partial charge in [0, 0.05) is 0 Å². The van der Waals surface area contributed by atoms with Gasteiger partial charge in [-0.25, -0.2) is 0 Å². The van der Waals surface area contributed by atoms with E-state index >= 15 is 0 Å². The van der Waals surface area contributed by atoms with E-state index in [0.717, 1.165) is 0 Å². The quantitative estimate of drug-likeness (QED) is 0.610. The van der Waals surface area contributed by atoms with Crippen molar-refractivity contribution in [1.29, 1.82) is 0 Å². The van der Waals surface area contributed by atoms with Gasteiger partial charge in [-0.1, -0.05) is 81.7 Å². The zero-order valence-electron chi connectivity index (χ0n) is 9.10. The summed E-state index contributed by atoms with van der Waals surface area (Å²) in [5.74, 6) is 0.109. The Balaban J connectivity index is 2.60. The molecule has 102 valence electrons. The minimum absolute atomic E-state index is 0.0370. The third kappa shape index (κ3) is 2.83. The number of hydrogen-bond donors (Lipinski definition) is 1. The Hall–Kier alpha value is 0.240. The van der Waals surface area contributed by atoms with Crippen LogP contribution in [-0.2, 0) is 0 Å². The molecular weight excluding hydrogens is 373 g/mol. The van der Waals surface area contributed by atoms with Crippen LogP contribution in [0, 0.1) is 0 Å². The Morgan fingerprint density at radius 1 is 0.842 bits per heavy atom. The van der Waals surface area contributed by atoms with Crippen LogP contribution in [0.2, 0.25) is 0 Å². The van der Waals surface area contributed by atoms with Crippen molar-refractivity contribution in [2.24, 2.45) is 0 Å². The molecule has 1 aromatic rings. The van der Waals surface area contributed by atoms with Crippen molar-refractivity contribution in [3.63, 3.8) is 0 Å². The van der Waals surface area contributed by atoms with E-state index < -0.39 is 8.67 Å². The molecule has 1 aromatic carbocycles. The zero-order chi connectivity index (χ0) is 14.4. The molecule has 0 fully saturated rings. The number of rotatable bonds is 1. The number of phenolic OH excluding ortho intramolecular Hbond substituents is 1. The van der Waals surface area contributed by atoms with E-state index in [9.17, 15) is 5.11 Å². The van der Waals surface area contributed by atoms with Gasteiger partial charge in [0.2, 0.25) is 0 Å². The lowest BCUT2D eigenvalue weighted by molar-refractivity contribution is 0.475. The predicted octanol–water partition coefficient (Wildman–Crippen LogP) is 5.83. The van der Waals surface area contributed by atoms with Crippen LogP contribution >= 0.6 is 69.6 Å². The first-order valence-corrected chi connectivity index (χ1v) is 7.27. The predicted molar refractivity (Wildman–Crippen MR) is 83.7 cm³/mol. The van der Waals surface area contributed by atoms with Crippen molar-refractivity contribution in [2.45, 2.75) is 8.67 Å². The lowest BCUT2D eigenvalue weighted by Crippen LogP contribution is -2.28. The van der Waals surface area contributed by atoms with Gasteiger partial charge in [-0.3, -0.25) is 0 Å². The van der Waals surface area contributed by atoms with Gasteiger partial charge in [0.15, 0.2) is 8.67 Å². The van der Waals surface area contributed by atoms with Crippen molar-refractivity contribution < 1.29 is 5.11 Å². The highest BCUT2D eigenvalue weighted by atomic mass is 35.5. The standard InChI is InChI=1S/C12H6Cl6O/c13-9-10(14)12(17,18)8(5-11(9,15)16)6-1-3-7(19)4-2-6/h1-5,19H. The second kappa shape index (κ2) is 5.22. The molecule has 0 unspecified atom stereocenters. The fraction of sp³-hybridized carbons (Fsp3) is 0.167. The molecule has 1 nitrogen and oxygen atoms in total. The van der Waals surface area contributed by atoms with Crippen LogP contribution in [0.3, 0.4) is 0 Å². The molecule has 1 N–H and O–H groups in total. The Kier molecular flexibility index (Phi) is 4.29. The monoisotopic (exact) mass is 376 g/mol. The van der Waals surface area contributed by atoms with Gasteiger partial charge >= 0.3 is 0 Å². The van der Waals surface area contributed by atoms with E-state index in [0.29, 0.717) is 11.1 Å². The number of allylic oxidation sites excluding steroid dienone is 4. The molecule has 2 rings (SSSR count). The van der Waals surface area contributed by atoms with E-state index in [2.05, 4.69) is 0 Å². The molecular formula is C12H6Cl6O. The Bertz CT molecular complexity index is 570. The van der Waals surface area contributed by atoms with E-state index in [4.69, 9.17) is 69.6 Å². The minimum atomic E-state index is -1.55. The largest absolute Gasteiger partial charge is 0.508 e. The fourth-order valence-corrected chi connectivity index (χ4v) is 3.21. The lowest BCUT2D eigenvalue weighted by Gasteiger charge is -2.32. The molecule has 1 aliphatic rings. The lowest BCUT2D eigenvalue weighted by atomic mass is 9.96. The summed E-state index contributed by atoms with van der Waals surface area (Å²) >= 11 is 36.6. The van der Waals surface area contributed by atoms with Gasteiger partial charge in [0.1, 0.15) is 5.75 Å². The number of halogens is 6. The molecule has 0 heterocycles. The van der Waals surface area contributed by atoms with Crippen LogP contribution in [-0.4, -0.2) is 13.8 Å². The smallest absolute Gasteiger partial charge is 0.180 e.